The summed E-state index contributed by atoms with van der Waals surface area (Å²) >= 11 is 0.382. The fraction of sp³-hybridized carbons (Fsp3) is 0.619. The summed E-state index contributed by atoms with van der Waals surface area (Å²) in [5.74, 6) is 0.740. The van der Waals surface area contributed by atoms with Gasteiger partial charge in [-0.15, -0.1) is 0 Å². The van der Waals surface area contributed by atoms with Crippen LogP contribution < -0.4 is 22.9 Å². The van der Waals surface area contributed by atoms with E-state index < -0.39 is 0 Å². The maximum absolute atomic E-state index is 10.9. The zero-order valence-electron chi connectivity index (χ0n) is 33.3. The minimum absolute atomic E-state index is 0.0139. The summed E-state index contributed by atoms with van der Waals surface area (Å²) in [6.45, 7) is 26.0. The van der Waals surface area contributed by atoms with Gasteiger partial charge in [-0.05, 0) is 83.4 Å². The van der Waals surface area contributed by atoms with Crippen molar-refractivity contribution in [3.05, 3.63) is 68.8 Å². The molecule has 0 amide bonds. The molecule has 291 valence electrons. The number of phenolic OH excluding ortho intramolecular Hbond substituents is 2. The molecule has 2 aliphatic carbocycles. The first kappa shape index (κ1) is 45.6. The summed E-state index contributed by atoms with van der Waals surface area (Å²) in [6.07, 6.45) is 10.1. The zero-order valence-corrected chi connectivity index (χ0v) is 35.9. The summed E-state index contributed by atoms with van der Waals surface area (Å²) in [7, 11) is 9.47. The van der Waals surface area contributed by atoms with Crippen LogP contribution in [0.3, 0.4) is 0 Å². The average Bonchev–Trinajstić information content (AvgIpc) is 2.98. The number of benzene rings is 2. The molecule has 4 unspecified atom stereocenters. The summed E-state index contributed by atoms with van der Waals surface area (Å²) in [4.78, 5) is 0. The van der Waals surface area contributed by atoms with Crippen LogP contribution in [0.1, 0.15) is 155 Å². The van der Waals surface area contributed by atoms with Crippen molar-refractivity contribution in [3.8, 4) is 11.5 Å². The first-order valence-corrected chi connectivity index (χ1v) is 21.1. The molecule has 9 heteroatoms. The molecule has 2 fully saturated rings. The molecule has 51 heavy (non-hydrogen) atoms. The van der Waals surface area contributed by atoms with Gasteiger partial charge in [0, 0.05) is 46.4 Å². The number of phenols is 2. The monoisotopic (exact) mass is 789 g/mol. The van der Waals surface area contributed by atoms with Gasteiger partial charge in [-0.3, -0.25) is 0 Å². The van der Waals surface area contributed by atoms with Gasteiger partial charge in [0.05, 0.1) is 0 Å². The van der Waals surface area contributed by atoms with Crippen molar-refractivity contribution in [1.82, 2.24) is 0 Å². The summed E-state index contributed by atoms with van der Waals surface area (Å²) in [5, 5.41) is 21.8. The van der Waals surface area contributed by atoms with Crippen LogP contribution >= 0.6 is 20.3 Å². The Balaban J connectivity index is 0.000000328. The average molecular weight is 791 g/mol. The van der Waals surface area contributed by atoms with E-state index in [1.807, 2.05) is 0 Å². The van der Waals surface area contributed by atoms with E-state index in [0.717, 1.165) is 71.9 Å². The second-order valence-corrected chi connectivity index (χ2v) is 20.3. The molecule has 2 saturated carbocycles. The predicted molar refractivity (Wildman–Crippen MR) is 218 cm³/mol. The molecule has 0 radical (unpaired) electrons. The molecule has 4 rings (SSSR count). The first-order chi connectivity index (χ1) is 23.2. The van der Waals surface area contributed by atoms with Gasteiger partial charge in [-0.1, -0.05) is 119 Å². The van der Waals surface area contributed by atoms with Crippen LogP contribution in [0.5, 0.6) is 11.5 Å². The van der Waals surface area contributed by atoms with E-state index in [0.29, 0.717) is 24.4 Å². The van der Waals surface area contributed by atoms with Crippen molar-refractivity contribution in [3.63, 3.8) is 0 Å². The Bertz CT molecular complexity index is 1410. The molecule has 0 saturated heterocycles. The van der Waals surface area contributed by atoms with E-state index in [2.05, 4.69) is 120 Å². The Kier molecular flexibility index (Phi) is 16.3. The number of hydrogen-bond donors (Lipinski definition) is 6. The van der Waals surface area contributed by atoms with E-state index in [1.165, 1.54) is 11.1 Å². The molecular weight excluding hydrogens is 722 g/mol. The standard InChI is InChI=1S/2C21H34N2O.2ClH.Co/c2*1-20(2,3)15-11-14(19(24)16(12-15)21(4,5)6)10-13-8-7-9-17(22)18(13)23;;;/h2*10-12,17-18,24H,7-9,22-23H2,1-6H3;2*1H;/q;;;;+2/p-2. The topological polar surface area (TPSA) is 145 Å². The zero-order chi connectivity index (χ0) is 39.3. The van der Waals surface area contributed by atoms with Crippen molar-refractivity contribution in [2.75, 3.05) is 0 Å². The third-order valence-corrected chi connectivity index (χ3v) is 10.1. The van der Waals surface area contributed by atoms with E-state index in [9.17, 15) is 10.2 Å². The van der Waals surface area contributed by atoms with Crippen LogP contribution in [0.4, 0.5) is 0 Å². The fourth-order valence-electron chi connectivity index (χ4n) is 6.61. The third kappa shape index (κ3) is 12.8. The Morgan fingerprint density at radius 2 is 0.863 bits per heavy atom. The molecule has 4 atom stereocenters. The predicted octanol–water partition coefficient (Wildman–Crippen LogP) is 9.79. The van der Waals surface area contributed by atoms with Gasteiger partial charge in [0.1, 0.15) is 11.5 Å². The van der Waals surface area contributed by atoms with Gasteiger partial charge in [0.25, 0.3) is 0 Å². The van der Waals surface area contributed by atoms with Crippen molar-refractivity contribution in [2.45, 2.75) is 167 Å². The van der Waals surface area contributed by atoms with E-state index in [1.54, 1.807) is 0 Å². The second-order valence-electron chi connectivity index (χ2n) is 18.6. The van der Waals surface area contributed by atoms with Gasteiger partial charge in [-0.2, -0.15) is 0 Å². The van der Waals surface area contributed by atoms with Gasteiger partial charge in [-0.25, -0.2) is 0 Å². The summed E-state index contributed by atoms with van der Waals surface area (Å²) in [5.41, 5.74) is 33.1. The van der Waals surface area contributed by atoms with Crippen molar-refractivity contribution in [1.29, 1.82) is 0 Å². The minimum atomic E-state index is -0.121. The fourth-order valence-corrected chi connectivity index (χ4v) is 6.61. The first-order valence-electron chi connectivity index (χ1n) is 18.3. The molecule has 2 aromatic rings. The molecule has 2 aromatic carbocycles. The number of aromatic hydroxyl groups is 2. The van der Waals surface area contributed by atoms with Gasteiger partial charge in [0.15, 0.2) is 0 Å². The molecular formula is C42H68Cl2CoN4O2. The SMILES string of the molecule is CC(C)(C)c1cc(C=C2CCCC(N)C2N)c(O)c(C(C)(C)C)c1.CC(C)(C)c1cc(C=C2CCCC(N)C2N)c(O)c(C(C)(C)C)c1.[Cl][Co][Cl]. The molecule has 10 N–H and O–H groups in total. The molecule has 0 bridgehead atoms. The van der Waals surface area contributed by atoms with E-state index in [-0.39, 0.29) is 45.8 Å². The van der Waals surface area contributed by atoms with Crippen LogP contribution in [-0.2, 0) is 34.6 Å². The van der Waals surface area contributed by atoms with Gasteiger partial charge in [0.2, 0.25) is 0 Å². The van der Waals surface area contributed by atoms with Crippen LogP contribution in [0, 0.1) is 0 Å². The van der Waals surface area contributed by atoms with Crippen LogP contribution in [0.2, 0.25) is 0 Å². The number of rotatable bonds is 2. The number of nitrogens with two attached hydrogens (primary N) is 4. The normalized spacial score (nSPS) is 23.4. The number of halogens is 2. The maximum atomic E-state index is 10.9. The van der Waals surface area contributed by atoms with Crippen LogP contribution in [-0.4, -0.2) is 34.4 Å². The quantitative estimate of drug-likeness (QED) is 0.179. The Morgan fingerprint density at radius 3 is 1.12 bits per heavy atom. The molecule has 2 aliphatic rings. The van der Waals surface area contributed by atoms with E-state index >= 15 is 0 Å². The summed E-state index contributed by atoms with van der Waals surface area (Å²) in [6, 6.07) is 8.28. The Morgan fingerprint density at radius 1 is 0.569 bits per heavy atom. The number of hydrogen-bond acceptors (Lipinski definition) is 6. The third-order valence-electron chi connectivity index (χ3n) is 10.1. The molecule has 0 heterocycles. The van der Waals surface area contributed by atoms with Crippen LogP contribution in [0.15, 0.2) is 35.4 Å². The van der Waals surface area contributed by atoms with Crippen molar-refractivity contribution < 1.29 is 23.1 Å². The van der Waals surface area contributed by atoms with Crippen molar-refractivity contribution >= 4 is 32.4 Å². The Labute approximate surface area is 324 Å². The van der Waals surface area contributed by atoms with Crippen LogP contribution in [0.25, 0.3) is 12.2 Å². The summed E-state index contributed by atoms with van der Waals surface area (Å²) < 4.78 is 0. The second kappa shape index (κ2) is 18.2. The van der Waals surface area contributed by atoms with E-state index in [4.69, 9.17) is 43.2 Å². The molecule has 6 nitrogen and oxygen atoms in total. The Hall–Kier alpha value is -1.55. The molecule has 0 aliphatic heterocycles. The van der Waals surface area contributed by atoms with Gasteiger partial charge >= 0.3 is 33.2 Å². The van der Waals surface area contributed by atoms with Gasteiger partial charge < -0.3 is 33.1 Å². The molecule has 0 spiro atoms. The molecule has 0 aromatic heterocycles. The van der Waals surface area contributed by atoms with Crippen molar-refractivity contribution in [2.24, 2.45) is 22.9 Å².